The molecule has 0 bridgehead atoms. The molecule has 1 aliphatic carbocycles. The first-order valence-electron chi connectivity index (χ1n) is 10.0. The molecule has 0 saturated carbocycles. The molecule has 0 amide bonds. The minimum absolute atomic E-state index is 0.0308. The van der Waals surface area contributed by atoms with Gasteiger partial charge in [-0.3, -0.25) is 0 Å². The first kappa shape index (κ1) is 18.4. The molecular formula is C23H23N5O2. The van der Waals surface area contributed by atoms with Gasteiger partial charge in [0.2, 0.25) is 5.95 Å². The summed E-state index contributed by atoms with van der Waals surface area (Å²) in [6, 6.07) is 16.2. The molecular weight excluding hydrogens is 378 g/mol. The van der Waals surface area contributed by atoms with Crippen molar-refractivity contribution in [2.75, 3.05) is 19.5 Å². The molecule has 2 aromatic carbocycles. The number of methoxy groups -OCH3 is 2. The second-order valence-electron chi connectivity index (χ2n) is 7.44. The van der Waals surface area contributed by atoms with Crippen molar-refractivity contribution in [2.45, 2.75) is 25.3 Å². The Kier molecular flexibility index (Phi) is 4.71. The van der Waals surface area contributed by atoms with E-state index in [-0.39, 0.29) is 6.04 Å². The molecule has 5 rings (SSSR count). The fraction of sp³-hybridized carbons (Fsp3) is 0.261. The molecule has 2 aliphatic rings. The monoisotopic (exact) mass is 401 g/mol. The van der Waals surface area contributed by atoms with Crippen molar-refractivity contribution in [2.24, 2.45) is 0 Å². The number of aromatic nitrogens is 4. The average molecular weight is 401 g/mol. The molecule has 0 spiro atoms. The molecule has 30 heavy (non-hydrogen) atoms. The Bertz CT molecular complexity index is 1110. The predicted octanol–water partition coefficient (Wildman–Crippen LogP) is 4.23. The lowest BCUT2D eigenvalue weighted by Crippen LogP contribution is -2.28. The number of hydrogen-bond acceptors (Lipinski definition) is 6. The molecule has 2 heterocycles. The van der Waals surface area contributed by atoms with E-state index in [1.165, 1.54) is 11.1 Å². The van der Waals surface area contributed by atoms with E-state index < -0.39 is 0 Å². The van der Waals surface area contributed by atoms with Crippen LogP contribution in [0.5, 0.6) is 11.5 Å². The van der Waals surface area contributed by atoms with E-state index in [9.17, 15) is 0 Å². The van der Waals surface area contributed by atoms with Gasteiger partial charge in [-0.2, -0.15) is 4.68 Å². The summed E-state index contributed by atoms with van der Waals surface area (Å²) in [6.45, 7) is 0. The highest BCUT2D eigenvalue weighted by Crippen LogP contribution is 2.43. The van der Waals surface area contributed by atoms with E-state index in [0.29, 0.717) is 5.95 Å². The molecule has 1 atom stereocenters. The third kappa shape index (κ3) is 3.22. The number of tetrazole rings is 1. The van der Waals surface area contributed by atoms with Crippen molar-refractivity contribution >= 4 is 12.0 Å². The van der Waals surface area contributed by atoms with Crippen LogP contribution >= 0.6 is 0 Å². The number of nitrogens with zero attached hydrogens (tertiary/aromatic N) is 4. The minimum Gasteiger partial charge on any atom is -0.497 e. The standard InChI is InChI=1S/C23H23N5O2/c1-29-18-10-6-15(7-11-18)14-17-4-3-5-20-21(17)24-23-25-26-27-28(23)22(20)16-8-12-19(30-2)13-9-16/h6-14,22H,3-5H2,1-2H3,(H,24,25,27)/b17-14+. The Morgan fingerprint density at radius 2 is 1.67 bits per heavy atom. The van der Waals surface area contributed by atoms with Crippen molar-refractivity contribution < 1.29 is 9.47 Å². The lowest BCUT2D eigenvalue weighted by Gasteiger charge is -2.34. The Morgan fingerprint density at radius 1 is 0.967 bits per heavy atom. The van der Waals surface area contributed by atoms with Crippen LogP contribution in [0.3, 0.4) is 0 Å². The van der Waals surface area contributed by atoms with E-state index >= 15 is 0 Å². The summed E-state index contributed by atoms with van der Waals surface area (Å²) in [6.07, 6.45) is 5.34. The van der Waals surface area contributed by atoms with Crippen LogP contribution in [0.1, 0.15) is 36.4 Å². The summed E-state index contributed by atoms with van der Waals surface area (Å²) < 4.78 is 12.5. The first-order chi connectivity index (χ1) is 14.8. The van der Waals surface area contributed by atoms with Crippen LogP contribution in [0.25, 0.3) is 6.08 Å². The smallest absolute Gasteiger partial charge is 0.248 e. The van der Waals surface area contributed by atoms with E-state index in [1.807, 2.05) is 28.9 Å². The van der Waals surface area contributed by atoms with E-state index in [1.54, 1.807) is 14.2 Å². The highest BCUT2D eigenvalue weighted by atomic mass is 16.5. The highest BCUT2D eigenvalue weighted by Gasteiger charge is 2.34. The van der Waals surface area contributed by atoms with Gasteiger partial charge in [0.25, 0.3) is 0 Å². The molecule has 152 valence electrons. The number of fused-ring (bicyclic) bond motifs is 1. The number of rotatable bonds is 4. The molecule has 7 heteroatoms. The van der Waals surface area contributed by atoms with Crippen LogP contribution in [-0.2, 0) is 0 Å². The zero-order chi connectivity index (χ0) is 20.5. The molecule has 0 saturated heterocycles. The molecule has 0 fully saturated rings. The molecule has 1 N–H and O–H groups in total. The average Bonchev–Trinajstić information content (AvgIpc) is 3.27. The highest BCUT2D eigenvalue weighted by molar-refractivity contribution is 5.65. The second kappa shape index (κ2) is 7.67. The zero-order valence-corrected chi connectivity index (χ0v) is 17.0. The molecule has 1 unspecified atom stereocenters. The van der Waals surface area contributed by atoms with Gasteiger partial charge in [-0.1, -0.05) is 29.4 Å². The second-order valence-corrected chi connectivity index (χ2v) is 7.44. The van der Waals surface area contributed by atoms with Gasteiger partial charge in [-0.05, 0) is 82.3 Å². The van der Waals surface area contributed by atoms with Gasteiger partial charge in [0.15, 0.2) is 0 Å². The van der Waals surface area contributed by atoms with Crippen LogP contribution in [0.15, 0.2) is 65.4 Å². The fourth-order valence-corrected chi connectivity index (χ4v) is 4.24. The molecule has 1 aromatic heterocycles. The third-order valence-corrected chi connectivity index (χ3v) is 5.73. The summed E-state index contributed by atoms with van der Waals surface area (Å²) in [7, 11) is 3.36. The maximum atomic E-state index is 5.33. The summed E-state index contributed by atoms with van der Waals surface area (Å²) >= 11 is 0. The Labute approximate surface area is 175 Å². The van der Waals surface area contributed by atoms with Gasteiger partial charge in [0, 0.05) is 5.70 Å². The zero-order valence-electron chi connectivity index (χ0n) is 17.0. The lowest BCUT2D eigenvalue weighted by molar-refractivity contribution is 0.414. The number of benzene rings is 2. The number of nitrogens with one attached hydrogen (secondary N) is 1. The predicted molar refractivity (Wildman–Crippen MR) is 114 cm³/mol. The van der Waals surface area contributed by atoms with Gasteiger partial charge in [-0.15, -0.1) is 0 Å². The Hall–Kier alpha value is -3.61. The van der Waals surface area contributed by atoms with Crippen LogP contribution in [0.2, 0.25) is 0 Å². The number of allylic oxidation sites excluding steroid dienone is 2. The molecule has 7 nitrogen and oxygen atoms in total. The summed E-state index contributed by atoms with van der Waals surface area (Å²) in [4.78, 5) is 0. The number of anilines is 1. The quantitative estimate of drug-likeness (QED) is 0.705. The summed E-state index contributed by atoms with van der Waals surface area (Å²) in [5, 5.41) is 15.9. The maximum Gasteiger partial charge on any atom is 0.248 e. The van der Waals surface area contributed by atoms with Crippen molar-refractivity contribution in [3.63, 3.8) is 0 Å². The fourth-order valence-electron chi connectivity index (χ4n) is 4.24. The normalized spacial score (nSPS) is 19.1. The Morgan fingerprint density at radius 3 is 2.37 bits per heavy atom. The SMILES string of the molecule is COc1ccc(/C=C2\CCCC3=C2Nc2nnnn2C3c2ccc(OC)cc2)cc1. The van der Waals surface area contributed by atoms with Crippen molar-refractivity contribution in [1.29, 1.82) is 0 Å². The largest absolute Gasteiger partial charge is 0.497 e. The van der Waals surface area contributed by atoms with Gasteiger partial charge < -0.3 is 14.8 Å². The van der Waals surface area contributed by atoms with Crippen molar-refractivity contribution in [3.8, 4) is 11.5 Å². The van der Waals surface area contributed by atoms with Crippen LogP contribution in [-0.4, -0.2) is 34.4 Å². The lowest BCUT2D eigenvalue weighted by atomic mass is 9.83. The summed E-state index contributed by atoms with van der Waals surface area (Å²) in [5.74, 6) is 2.36. The Balaban J connectivity index is 1.58. The number of hydrogen-bond donors (Lipinski definition) is 1. The van der Waals surface area contributed by atoms with Gasteiger partial charge in [0.1, 0.15) is 17.5 Å². The van der Waals surface area contributed by atoms with E-state index in [0.717, 1.165) is 47.6 Å². The van der Waals surface area contributed by atoms with E-state index in [2.05, 4.69) is 51.2 Å². The van der Waals surface area contributed by atoms with E-state index in [4.69, 9.17) is 9.47 Å². The molecule has 3 aromatic rings. The van der Waals surface area contributed by atoms with Gasteiger partial charge in [0.05, 0.1) is 14.2 Å². The first-order valence-corrected chi connectivity index (χ1v) is 10.0. The van der Waals surface area contributed by atoms with Gasteiger partial charge >= 0.3 is 0 Å². The topological polar surface area (TPSA) is 74.1 Å². The molecule has 0 radical (unpaired) electrons. The third-order valence-electron chi connectivity index (χ3n) is 5.73. The summed E-state index contributed by atoms with van der Waals surface area (Å²) in [5.41, 5.74) is 6.01. The van der Waals surface area contributed by atoms with Crippen LogP contribution in [0, 0.1) is 0 Å². The maximum absolute atomic E-state index is 5.33. The molecule has 1 aliphatic heterocycles. The van der Waals surface area contributed by atoms with Crippen LogP contribution < -0.4 is 14.8 Å². The van der Waals surface area contributed by atoms with Crippen LogP contribution in [0.4, 0.5) is 5.95 Å². The number of ether oxygens (including phenoxy) is 2. The van der Waals surface area contributed by atoms with Gasteiger partial charge in [-0.25, -0.2) is 0 Å². The van der Waals surface area contributed by atoms with Crippen molar-refractivity contribution in [3.05, 3.63) is 76.5 Å². The van der Waals surface area contributed by atoms with Crippen molar-refractivity contribution in [1.82, 2.24) is 20.2 Å². The minimum atomic E-state index is -0.0308.